The predicted octanol–water partition coefficient (Wildman–Crippen LogP) is 4.92. The lowest BCUT2D eigenvalue weighted by Crippen LogP contribution is -2.55. The summed E-state index contributed by atoms with van der Waals surface area (Å²) < 4.78 is 30.7. The Morgan fingerprint density at radius 2 is 1.90 bits per heavy atom. The molecule has 2 bridgehead atoms. The lowest BCUT2D eigenvalue weighted by Gasteiger charge is -2.40. The van der Waals surface area contributed by atoms with Crippen LogP contribution in [0.5, 0.6) is 5.75 Å². The summed E-state index contributed by atoms with van der Waals surface area (Å²) in [5, 5.41) is 14.9. The van der Waals surface area contributed by atoms with Gasteiger partial charge in [-0.3, -0.25) is 9.59 Å². The maximum atomic E-state index is 13.2. The van der Waals surface area contributed by atoms with E-state index in [0.29, 0.717) is 29.2 Å². The molecule has 208 valence electrons. The van der Waals surface area contributed by atoms with Gasteiger partial charge in [-0.2, -0.15) is 5.26 Å². The maximum absolute atomic E-state index is 13.2. The number of nitrogens with one attached hydrogen (secondary N) is 2. The number of hydrogen-bond donors (Lipinski definition) is 2. The standard InChI is InChI=1S/C27H29Cl2F2N5O3/c1-27(2,39-22-9-15(7-8-32)20(28)12-21(22)29)26(38)35-17-10-18-4-5-19(11-17)36(18)24-6-3-16(13-33-24)25(37)34-14-23(30)31/h3,6,9,12-13,17-19,23H,4-5,7,10-11,14H2,1-2H3,(H,34,37)(H,35,38). The zero-order valence-corrected chi connectivity index (χ0v) is 23.0. The molecule has 0 radical (unpaired) electrons. The van der Waals surface area contributed by atoms with Gasteiger partial charge in [0, 0.05) is 29.3 Å². The van der Waals surface area contributed by atoms with Crippen LogP contribution in [-0.2, 0) is 11.2 Å². The van der Waals surface area contributed by atoms with E-state index >= 15 is 0 Å². The fraction of sp³-hybridized carbons (Fsp3) is 0.481. The van der Waals surface area contributed by atoms with Gasteiger partial charge < -0.3 is 20.3 Å². The molecular weight excluding hydrogens is 551 g/mol. The van der Waals surface area contributed by atoms with Crippen LogP contribution in [0.25, 0.3) is 0 Å². The molecule has 2 amide bonds. The van der Waals surface area contributed by atoms with Gasteiger partial charge in [-0.25, -0.2) is 13.8 Å². The number of fused-ring (bicyclic) bond motifs is 2. The van der Waals surface area contributed by atoms with Crippen molar-refractivity contribution in [3.8, 4) is 11.8 Å². The molecule has 1 aromatic carbocycles. The average molecular weight is 580 g/mol. The van der Waals surface area contributed by atoms with Crippen molar-refractivity contribution >= 4 is 40.8 Å². The number of pyridine rings is 1. The zero-order valence-electron chi connectivity index (χ0n) is 21.5. The smallest absolute Gasteiger partial charge is 0.263 e. The van der Waals surface area contributed by atoms with Gasteiger partial charge in [-0.15, -0.1) is 0 Å². The molecular formula is C27H29Cl2F2N5O3. The molecule has 12 heteroatoms. The first-order valence-electron chi connectivity index (χ1n) is 12.6. The Kier molecular flexibility index (Phi) is 8.82. The number of carbonyl (C=O) groups is 2. The van der Waals surface area contributed by atoms with Gasteiger partial charge in [-0.05, 0) is 69.4 Å². The molecule has 2 unspecified atom stereocenters. The van der Waals surface area contributed by atoms with E-state index < -0.39 is 24.5 Å². The highest BCUT2D eigenvalue weighted by Crippen LogP contribution is 2.39. The van der Waals surface area contributed by atoms with Crippen LogP contribution in [0.1, 0.15) is 55.5 Å². The normalized spacial score (nSPS) is 20.5. The van der Waals surface area contributed by atoms with E-state index in [4.69, 9.17) is 33.2 Å². The van der Waals surface area contributed by atoms with Crippen molar-refractivity contribution in [1.82, 2.24) is 15.6 Å². The topological polar surface area (TPSA) is 107 Å². The second-order valence-electron chi connectivity index (χ2n) is 10.3. The molecule has 0 aliphatic carbocycles. The number of carbonyl (C=O) groups excluding carboxylic acids is 2. The highest BCUT2D eigenvalue weighted by Gasteiger charge is 2.43. The van der Waals surface area contributed by atoms with Crippen molar-refractivity contribution < 1.29 is 23.1 Å². The number of nitriles is 1. The minimum atomic E-state index is -2.62. The van der Waals surface area contributed by atoms with Crippen LogP contribution in [0.4, 0.5) is 14.6 Å². The van der Waals surface area contributed by atoms with E-state index in [-0.39, 0.29) is 46.8 Å². The zero-order chi connectivity index (χ0) is 28.3. The van der Waals surface area contributed by atoms with Crippen LogP contribution < -0.4 is 20.3 Å². The molecule has 0 spiro atoms. The van der Waals surface area contributed by atoms with E-state index in [9.17, 15) is 18.4 Å². The number of anilines is 1. The minimum Gasteiger partial charge on any atom is -0.476 e. The summed E-state index contributed by atoms with van der Waals surface area (Å²) in [6, 6.07) is 8.69. The summed E-state index contributed by atoms with van der Waals surface area (Å²) in [4.78, 5) is 31.9. The molecule has 0 saturated carbocycles. The third kappa shape index (κ3) is 6.71. The fourth-order valence-electron chi connectivity index (χ4n) is 5.16. The van der Waals surface area contributed by atoms with Gasteiger partial charge in [0.2, 0.25) is 0 Å². The van der Waals surface area contributed by atoms with Gasteiger partial charge in [0.1, 0.15) is 11.6 Å². The highest BCUT2D eigenvalue weighted by molar-refractivity contribution is 6.36. The Balaban J connectivity index is 1.37. The second-order valence-corrected chi connectivity index (χ2v) is 11.1. The highest BCUT2D eigenvalue weighted by atomic mass is 35.5. The first-order chi connectivity index (χ1) is 18.5. The predicted molar refractivity (Wildman–Crippen MR) is 144 cm³/mol. The summed E-state index contributed by atoms with van der Waals surface area (Å²) >= 11 is 12.4. The summed E-state index contributed by atoms with van der Waals surface area (Å²) in [5.41, 5.74) is -0.453. The summed E-state index contributed by atoms with van der Waals surface area (Å²) in [7, 11) is 0. The Morgan fingerprint density at radius 3 is 2.49 bits per heavy atom. The Morgan fingerprint density at radius 1 is 1.21 bits per heavy atom. The maximum Gasteiger partial charge on any atom is 0.263 e. The van der Waals surface area contributed by atoms with E-state index in [1.807, 2.05) is 6.07 Å². The number of aromatic nitrogens is 1. The molecule has 39 heavy (non-hydrogen) atoms. The van der Waals surface area contributed by atoms with Crippen molar-refractivity contribution in [3.05, 3.63) is 51.6 Å². The molecule has 2 aromatic rings. The largest absolute Gasteiger partial charge is 0.476 e. The third-order valence-electron chi connectivity index (χ3n) is 7.04. The molecule has 1 aromatic heterocycles. The average Bonchev–Trinajstić information content (AvgIpc) is 3.15. The van der Waals surface area contributed by atoms with Gasteiger partial charge in [0.15, 0.2) is 5.60 Å². The number of hydrogen-bond acceptors (Lipinski definition) is 6. The Hall–Kier alpha value is -3.16. The van der Waals surface area contributed by atoms with E-state index in [0.717, 1.165) is 12.8 Å². The van der Waals surface area contributed by atoms with E-state index in [1.54, 1.807) is 32.0 Å². The number of ether oxygens (including phenoxy) is 1. The summed E-state index contributed by atoms with van der Waals surface area (Å²) in [6.45, 7) is 2.61. The Bertz CT molecular complexity index is 1260. The second kappa shape index (κ2) is 11.9. The molecule has 2 saturated heterocycles. The molecule has 2 aliphatic rings. The van der Waals surface area contributed by atoms with Gasteiger partial charge in [0.25, 0.3) is 18.2 Å². The first kappa shape index (κ1) is 28.8. The number of rotatable bonds is 9. The number of benzene rings is 1. The van der Waals surface area contributed by atoms with E-state index in [1.165, 1.54) is 12.3 Å². The van der Waals surface area contributed by atoms with Crippen LogP contribution in [0, 0.1) is 11.3 Å². The van der Waals surface area contributed by atoms with Gasteiger partial charge >= 0.3 is 0 Å². The fourth-order valence-corrected chi connectivity index (χ4v) is 5.65. The number of alkyl halides is 2. The number of halogens is 4. The molecule has 2 N–H and O–H groups in total. The lowest BCUT2D eigenvalue weighted by molar-refractivity contribution is -0.135. The Labute approximate surface area is 235 Å². The molecule has 2 aliphatic heterocycles. The molecule has 8 nitrogen and oxygen atoms in total. The van der Waals surface area contributed by atoms with Crippen LogP contribution >= 0.6 is 23.2 Å². The third-order valence-corrected chi connectivity index (χ3v) is 7.69. The van der Waals surface area contributed by atoms with Crippen LogP contribution in [0.3, 0.4) is 0 Å². The summed E-state index contributed by atoms with van der Waals surface area (Å²) in [6.07, 6.45) is 2.18. The van der Waals surface area contributed by atoms with Crippen LogP contribution in [0.15, 0.2) is 30.5 Å². The minimum absolute atomic E-state index is 0.0663. The first-order valence-corrected chi connectivity index (χ1v) is 13.4. The lowest BCUT2D eigenvalue weighted by atomic mass is 9.96. The van der Waals surface area contributed by atoms with Gasteiger partial charge in [0.05, 0.1) is 29.6 Å². The van der Waals surface area contributed by atoms with Crippen molar-refractivity contribution in [1.29, 1.82) is 5.26 Å². The monoisotopic (exact) mass is 579 g/mol. The number of nitrogens with zero attached hydrogens (tertiary/aromatic N) is 3. The number of amides is 2. The van der Waals surface area contributed by atoms with Crippen molar-refractivity contribution in [2.75, 3.05) is 11.4 Å². The van der Waals surface area contributed by atoms with Crippen molar-refractivity contribution in [2.45, 2.75) is 76.1 Å². The quantitative estimate of drug-likeness (QED) is 0.436. The SMILES string of the molecule is CC(C)(Oc1cc(CC#N)c(Cl)cc1Cl)C(=O)NC1CC2CCC(C1)N2c1ccc(C(=O)NCC(F)F)cn1. The molecule has 2 atom stereocenters. The summed E-state index contributed by atoms with van der Waals surface area (Å²) in [5.74, 6) is 0.112. The molecule has 3 heterocycles. The van der Waals surface area contributed by atoms with Crippen molar-refractivity contribution in [2.24, 2.45) is 0 Å². The van der Waals surface area contributed by atoms with Gasteiger partial charge in [-0.1, -0.05) is 23.2 Å². The van der Waals surface area contributed by atoms with E-state index in [2.05, 4.69) is 20.5 Å². The van der Waals surface area contributed by atoms with Crippen LogP contribution in [-0.4, -0.2) is 53.5 Å². The van der Waals surface area contributed by atoms with Crippen molar-refractivity contribution in [3.63, 3.8) is 0 Å². The molecule has 2 fully saturated rings. The number of piperidine rings is 1. The molecule has 4 rings (SSSR count). The van der Waals surface area contributed by atoms with Crippen LogP contribution in [0.2, 0.25) is 10.0 Å².